The molecule has 0 aliphatic heterocycles. The zero-order valence-corrected chi connectivity index (χ0v) is 14.4. The van der Waals surface area contributed by atoms with Crippen LogP contribution in [0.5, 0.6) is 0 Å². The molecule has 3 aromatic heterocycles. The summed E-state index contributed by atoms with van der Waals surface area (Å²) in [5.41, 5.74) is 1.38. The van der Waals surface area contributed by atoms with Gasteiger partial charge >= 0.3 is 0 Å². The van der Waals surface area contributed by atoms with Gasteiger partial charge in [-0.05, 0) is 19.1 Å². The number of carbonyl (C=O) groups is 1. The number of sulfonamides is 1. The fraction of sp³-hybridized carbons (Fsp3) is 0.125. The highest BCUT2D eigenvalue weighted by molar-refractivity contribution is 7.90. The zero-order valence-electron chi connectivity index (χ0n) is 13.6. The molecule has 0 saturated heterocycles. The Morgan fingerprint density at radius 3 is 2.81 bits per heavy atom. The molecule has 1 amide bonds. The SMILES string of the molecule is CCS(=O)(=O)NC(=O)c1cccc(-c2cnn(-c3cncc(F)c3)c2)n1. The van der Waals surface area contributed by atoms with Gasteiger partial charge in [-0.15, -0.1) is 0 Å². The summed E-state index contributed by atoms with van der Waals surface area (Å²) in [6.45, 7) is 1.43. The summed E-state index contributed by atoms with van der Waals surface area (Å²) < 4.78 is 39.7. The van der Waals surface area contributed by atoms with E-state index in [1.807, 2.05) is 4.72 Å². The van der Waals surface area contributed by atoms with Crippen LogP contribution in [0.3, 0.4) is 0 Å². The molecule has 3 aromatic rings. The van der Waals surface area contributed by atoms with Crippen molar-refractivity contribution in [2.24, 2.45) is 0 Å². The van der Waals surface area contributed by atoms with Gasteiger partial charge in [0.2, 0.25) is 10.0 Å². The van der Waals surface area contributed by atoms with Crippen LogP contribution in [0.15, 0.2) is 49.1 Å². The van der Waals surface area contributed by atoms with Crippen LogP contribution in [0.1, 0.15) is 17.4 Å². The molecule has 3 rings (SSSR count). The lowest BCUT2D eigenvalue weighted by atomic mass is 10.2. The van der Waals surface area contributed by atoms with Crippen molar-refractivity contribution in [1.29, 1.82) is 0 Å². The first kappa shape index (κ1) is 17.7. The van der Waals surface area contributed by atoms with Crippen LogP contribution in [0.4, 0.5) is 4.39 Å². The number of nitrogens with zero attached hydrogens (tertiary/aromatic N) is 4. The van der Waals surface area contributed by atoms with Crippen molar-refractivity contribution in [1.82, 2.24) is 24.5 Å². The molecule has 0 aromatic carbocycles. The monoisotopic (exact) mass is 375 g/mol. The van der Waals surface area contributed by atoms with Crippen LogP contribution in [0.2, 0.25) is 0 Å². The highest BCUT2D eigenvalue weighted by Crippen LogP contribution is 2.18. The topological polar surface area (TPSA) is 107 Å². The van der Waals surface area contributed by atoms with Crippen molar-refractivity contribution < 1.29 is 17.6 Å². The highest BCUT2D eigenvalue weighted by atomic mass is 32.2. The predicted octanol–water partition coefficient (Wildman–Crippen LogP) is 1.55. The molecule has 3 heterocycles. The van der Waals surface area contributed by atoms with Gasteiger partial charge in [0.05, 0.1) is 35.7 Å². The maximum atomic E-state index is 13.3. The summed E-state index contributed by atoms with van der Waals surface area (Å²) in [6, 6.07) is 5.91. The molecule has 0 bridgehead atoms. The second-order valence-electron chi connectivity index (χ2n) is 5.28. The van der Waals surface area contributed by atoms with Gasteiger partial charge in [0.15, 0.2) is 0 Å². The third kappa shape index (κ3) is 3.91. The van der Waals surface area contributed by atoms with Crippen molar-refractivity contribution in [3.8, 4) is 16.9 Å². The van der Waals surface area contributed by atoms with Gasteiger partial charge in [0, 0.05) is 17.8 Å². The molecule has 10 heteroatoms. The standard InChI is InChI=1S/C16H14FN5O3S/c1-2-26(24,25)21-16(23)15-5-3-4-14(20-15)11-7-19-22(10-11)13-6-12(17)8-18-9-13/h3-10H,2H2,1H3,(H,21,23). The number of amides is 1. The van der Waals surface area contributed by atoms with Crippen LogP contribution >= 0.6 is 0 Å². The Balaban J connectivity index is 1.88. The van der Waals surface area contributed by atoms with Gasteiger partial charge in [-0.2, -0.15) is 5.10 Å². The molecular weight excluding hydrogens is 361 g/mol. The van der Waals surface area contributed by atoms with Gasteiger partial charge in [-0.1, -0.05) is 6.07 Å². The fourth-order valence-corrected chi connectivity index (χ4v) is 2.64. The summed E-state index contributed by atoms with van der Waals surface area (Å²) >= 11 is 0. The van der Waals surface area contributed by atoms with E-state index in [1.54, 1.807) is 18.3 Å². The Hall–Kier alpha value is -3.14. The fourth-order valence-electron chi connectivity index (χ4n) is 2.11. The van der Waals surface area contributed by atoms with Gasteiger partial charge < -0.3 is 0 Å². The van der Waals surface area contributed by atoms with Crippen LogP contribution < -0.4 is 4.72 Å². The minimum Gasteiger partial charge on any atom is -0.266 e. The quantitative estimate of drug-likeness (QED) is 0.725. The molecule has 0 saturated carbocycles. The van der Waals surface area contributed by atoms with Crippen molar-refractivity contribution in [3.63, 3.8) is 0 Å². The smallest absolute Gasteiger partial charge is 0.266 e. The van der Waals surface area contributed by atoms with Crippen LogP contribution in [-0.4, -0.2) is 39.8 Å². The average molecular weight is 375 g/mol. The molecule has 0 aliphatic rings. The van der Waals surface area contributed by atoms with Crippen LogP contribution in [0.25, 0.3) is 16.9 Å². The van der Waals surface area contributed by atoms with E-state index < -0.39 is 21.7 Å². The van der Waals surface area contributed by atoms with Gasteiger partial charge in [0.1, 0.15) is 11.5 Å². The van der Waals surface area contributed by atoms with E-state index in [2.05, 4.69) is 15.1 Å². The first-order valence-corrected chi connectivity index (χ1v) is 9.21. The largest absolute Gasteiger partial charge is 0.283 e. The van der Waals surface area contributed by atoms with Gasteiger partial charge in [-0.25, -0.2) is 27.2 Å². The molecule has 26 heavy (non-hydrogen) atoms. The third-order valence-corrected chi connectivity index (χ3v) is 4.70. The molecule has 0 unspecified atom stereocenters. The summed E-state index contributed by atoms with van der Waals surface area (Å²) in [7, 11) is -3.68. The molecule has 0 fully saturated rings. The van der Waals surface area contributed by atoms with Gasteiger partial charge in [0.25, 0.3) is 5.91 Å². The Bertz CT molecular complexity index is 1070. The van der Waals surface area contributed by atoms with Crippen molar-refractivity contribution in [2.75, 3.05) is 5.75 Å². The maximum Gasteiger partial charge on any atom is 0.283 e. The molecular formula is C16H14FN5O3S. The number of halogens is 1. The minimum atomic E-state index is -3.68. The molecule has 0 spiro atoms. The van der Waals surface area contributed by atoms with E-state index in [0.29, 0.717) is 16.9 Å². The lowest BCUT2D eigenvalue weighted by Crippen LogP contribution is -2.32. The Labute approximate surface area is 148 Å². The number of aromatic nitrogens is 4. The normalized spacial score (nSPS) is 11.3. The number of nitrogens with one attached hydrogen (secondary N) is 1. The Kier molecular flexibility index (Phi) is 4.76. The van der Waals surface area contributed by atoms with E-state index in [9.17, 15) is 17.6 Å². The molecule has 0 aliphatic carbocycles. The zero-order chi connectivity index (χ0) is 18.7. The Morgan fingerprint density at radius 2 is 2.08 bits per heavy atom. The molecule has 0 radical (unpaired) electrons. The predicted molar refractivity (Wildman–Crippen MR) is 91.5 cm³/mol. The molecule has 8 nitrogen and oxygen atoms in total. The lowest BCUT2D eigenvalue weighted by Gasteiger charge is -2.05. The number of hydrogen-bond donors (Lipinski definition) is 1. The maximum absolute atomic E-state index is 13.3. The summed E-state index contributed by atoms with van der Waals surface area (Å²) in [4.78, 5) is 20.0. The first-order chi connectivity index (χ1) is 12.4. The average Bonchev–Trinajstić information content (AvgIpc) is 3.12. The van der Waals surface area contributed by atoms with E-state index in [-0.39, 0.29) is 11.4 Å². The summed E-state index contributed by atoms with van der Waals surface area (Å²) in [5.74, 6) is -1.52. The summed E-state index contributed by atoms with van der Waals surface area (Å²) in [5, 5.41) is 4.12. The van der Waals surface area contributed by atoms with Crippen molar-refractivity contribution >= 4 is 15.9 Å². The number of rotatable bonds is 5. The first-order valence-electron chi connectivity index (χ1n) is 7.56. The van der Waals surface area contributed by atoms with E-state index in [4.69, 9.17) is 0 Å². The molecule has 1 N–H and O–H groups in total. The van der Waals surface area contributed by atoms with E-state index in [0.717, 1.165) is 6.20 Å². The second kappa shape index (κ2) is 7.00. The highest BCUT2D eigenvalue weighted by Gasteiger charge is 2.16. The summed E-state index contributed by atoms with van der Waals surface area (Å²) in [6.07, 6.45) is 5.63. The number of pyridine rings is 2. The van der Waals surface area contributed by atoms with Crippen molar-refractivity contribution in [2.45, 2.75) is 6.92 Å². The van der Waals surface area contributed by atoms with Crippen LogP contribution in [-0.2, 0) is 10.0 Å². The molecule has 0 atom stereocenters. The number of hydrogen-bond acceptors (Lipinski definition) is 6. The second-order valence-corrected chi connectivity index (χ2v) is 7.29. The van der Waals surface area contributed by atoms with Gasteiger partial charge in [-0.3, -0.25) is 9.78 Å². The third-order valence-electron chi connectivity index (χ3n) is 3.44. The Morgan fingerprint density at radius 1 is 1.27 bits per heavy atom. The number of carbonyl (C=O) groups excluding carboxylic acids is 1. The van der Waals surface area contributed by atoms with Crippen molar-refractivity contribution in [3.05, 3.63) is 60.6 Å². The van der Waals surface area contributed by atoms with E-state index >= 15 is 0 Å². The molecule has 134 valence electrons. The minimum absolute atomic E-state index is 0.0419. The van der Waals surface area contributed by atoms with Crippen LogP contribution in [0, 0.1) is 5.82 Å². The lowest BCUT2D eigenvalue weighted by molar-refractivity contribution is 0.0976. The van der Waals surface area contributed by atoms with E-state index in [1.165, 1.54) is 36.1 Å².